The van der Waals surface area contributed by atoms with Gasteiger partial charge in [-0.1, -0.05) is 96.5 Å². The van der Waals surface area contributed by atoms with E-state index in [9.17, 15) is 4.79 Å². The maximum absolute atomic E-state index is 11.1. The van der Waals surface area contributed by atoms with Crippen LogP contribution in [0.25, 0.3) is 0 Å². The van der Waals surface area contributed by atoms with Crippen LogP contribution < -0.4 is 0 Å². The molecule has 0 aliphatic heterocycles. The van der Waals surface area contributed by atoms with E-state index < -0.39 is 8.07 Å². The Labute approximate surface area is 139 Å². The SMILES string of the molecule is C=COC(=O)CCCCCCCCCC[Si](CC)(CC)CC. The Kier molecular flexibility index (Phi) is 13.7. The molecule has 2 nitrogen and oxygen atoms in total. The second-order valence-corrected chi connectivity index (χ2v) is 12.2. The number of esters is 1. The highest BCUT2D eigenvalue weighted by molar-refractivity contribution is 6.79. The largest absolute Gasteiger partial charge is 0.435 e. The van der Waals surface area contributed by atoms with E-state index in [-0.39, 0.29) is 5.97 Å². The van der Waals surface area contributed by atoms with Gasteiger partial charge in [0.25, 0.3) is 0 Å². The number of unbranched alkanes of at least 4 members (excludes halogenated alkanes) is 7. The molecule has 0 saturated heterocycles. The van der Waals surface area contributed by atoms with Crippen LogP contribution in [-0.2, 0) is 9.53 Å². The second-order valence-electron chi connectivity index (χ2n) is 6.55. The van der Waals surface area contributed by atoms with E-state index in [0.717, 1.165) is 12.8 Å². The van der Waals surface area contributed by atoms with Crippen molar-refractivity contribution < 1.29 is 9.53 Å². The Morgan fingerprint density at radius 2 is 1.32 bits per heavy atom. The van der Waals surface area contributed by atoms with Crippen molar-refractivity contribution >= 4 is 14.0 Å². The molecule has 0 fully saturated rings. The number of hydrogen-bond donors (Lipinski definition) is 0. The van der Waals surface area contributed by atoms with E-state index in [2.05, 4.69) is 27.4 Å². The molecule has 0 rings (SSSR count). The molecule has 22 heavy (non-hydrogen) atoms. The molecule has 0 spiro atoms. The van der Waals surface area contributed by atoms with Gasteiger partial charge in [0.2, 0.25) is 0 Å². The van der Waals surface area contributed by atoms with Gasteiger partial charge in [-0.3, -0.25) is 4.79 Å². The molecule has 0 aromatic heterocycles. The fourth-order valence-electron chi connectivity index (χ4n) is 3.26. The molecule has 0 aliphatic carbocycles. The molecule has 0 N–H and O–H groups in total. The fraction of sp³-hybridized carbons (Fsp3) is 0.842. The van der Waals surface area contributed by atoms with Crippen molar-refractivity contribution in [1.29, 1.82) is 0 Å². The minimum Gasteiger partial charge on any atom is -0.435 e. The Hall–Kier alpha value is -0.573. The van der Waals surface area contributed by atoms with Crippen molar-refractivity contribution in [3.05, 3.63) is 12.8 Å². The molecule has 0 unspecified atom stereocenters. The van der Waals surface area contributed by atoms with Crippen molar-refractivity contribution in [2.45, 2.75) is 103 Å². The van der Waals surface area contributed by atoms with Crippen LogP contribution in [0.1, 0.15) is 78.6 Å². The normalized spacial score (nSPS) is 11.4. The van der Waals surface area contributed by atoms with Crippen LogP contribution in [0.2, 0.25) is 24.2 Å². The van der Waals surface area contributed by atoms with E-state index in [1.54, 1.807) is 6.04 Å². The molecule has 3 heteroatoms. The number of hydrogen-bond acceptors (Lipinski definition) is 2. The third-order valence-corrected chi connectivity index (χ3v) is 11.2. The van der Waals surface area contributed by atoms with Gasteiger partial charge in [0.1, 0.15) is 0 Å². The maximum atomic E-state index is 11.1. The smallest absolute Gasteiger partial charge is 0.310 e. The summed E-state index contributed by atoms with van der Waals surface area (Å²) in [6.07, 6.45) is 12.0. The Balaban J connectivity index is 3.40. The van der Waals surface area contributed by atoms with Crippen LogP contribution >= 0.6 is 0 Å². The minimum absolute atomic E-state index is 0.148. The molecule has 0 radical (unpaired) electrons. The summed E-state index contributed by atoms with van der Waals surface area (Å²) in [6.45, 7) is 10.6. The summed E-state index contributed by atoms with van der Waals surface area (Å²) in [7, 11) is -0.872. The molecule has 0 atom stereocenters. The van der Waals surface area contributed by atoms with E-state index in [1.807, 2.05) is 0 Å². The van der Waals surface area contributed by atoms with Crippen molar-refractivity contribution in [1.82, 2.24) is 0 Å². The summed E-state index contributed by atoms with van der Waals surface area (Å²) in [5, 5.41) is 0. The van der Waals surface area contributed by atoms with Gasteiger partial charge in [0, 0.05) is 6.42 Å². The van der Waals surface area contributed by atoms with Crippen molar-refractivity contribution in [2.75, 3.05) is 0 Å². The highest BCUT2D eigenvalue weighted by Crippen LogP contribution is 2.27. The second kappa shape index (κ2) is 14.0. The van der Waals surface area contributed by atoms with Crippen LogP contribution in [0, 0.1) is 0 Å². The highest BCUT2D eigenvalue weighted by Gasteiger charge is 2.25. The predicted molar refractivity (Wildman–Crippen MR) is 99.8 cm³/mol. The summed E-state index contributed by atoms with van der Waals surface area (Å²) in [4.78, 5) is 11.1. The van der Waals surface area contributed by atoms with Gasteiger partial charge in [-0.05, 0) is 6.42 Å². The average molecular weight is 327 g/mol. The zero-order valence-electron chi connectivity index (χ0n) is 15.3. The molecule has 0 saturated carbocycles. The van der Waals surface area contributed by atoms with Crippen LogP contribution in [0.3, 0.4) is 0 Å². The van der Waals surface area contributed by atoms with E-state index >= 15 is 0 Å². The van der Waals surface area contributed by atoms with Crippen LogP contribution in [0.5, 0.6) is 0 Å². The molecule has 0 heterocycles. The lowest BCUT2D eigenvalue weighted by atomic mass is 10.1. The predicted octanol–water partition coefficient (Wildman–Crippen LogP) is 6.69. The van der Waals surface area contributed by atoms with Crippen LogP contribution in [0.4, 0.5) is 0 Å². The van der Waals surface area contributed by atoms with Crippen molar-refractivity contribution in [3.63, 3.8) is 0 Å². The molecule has 0 aromatic rings. The Morgan fingerprint density at radius 3 is 1.77 bits per heavy atom. The van der Waals surface area contributed by atoms with Gasteiger partial charge >= 0.3 is 5.97 Å². The quantitative estimate of drug-likeness (QED) is 0.145. The average Bonchev–Trinajstić information content (AvgIpc) is 2.54. The maximum Gasteiger partial charge on any atom is 0.310 e. The third-order valence-electron chi connectivity index (χ3n) is 5.30. The van der Waals surface area contributed by atoms with Gasteiger partial charge < -0.3 is 4.74 Å². The first-order chi connectivity index (χ1) is 10.6. The fourth-order valence-corrected chi connectivity index (χ4v) is 6.82. The van der Waals surface area contributed by atoms with Gasteiger partial charge in [-0.2, -0.15) is 0 Å². The van der Waals surface area contributed by atoms with E-state index in [1.165, 1.54) is 62.9 Å². The zero-order chi connectivity index (χ0) is 16.7. The monoisotopic (exact) mass is 326 g/mol. The third kappa shape index (κ3) is 10.2. The topological polar surface area (TPSA) is 26.3 Å². The lowest BCUT2D eigenvalue weighted by molar-refractivity contribution is -0.138. The van der Waals surface area contributed by atoms with Gasteiger partial charge in [0.05, 0.1) is 14.3 Å². The lowest BCUT2D eigenvalue weighted by Gasteiger charge is -2.28. The number of rotatable bonds is 15. The summed E-state index contributed by atoms with van der Waals surface area (Å²) in [5.41, 5.74) is 0. The summed E-state index contributed by atoms with van der Waals surface area (Å²) in [5.74, 6) is -0.148. The van der Waals surface area contributed by atoms with E-state index in [4.69, 9.17) is 4.74 Å². The van der Waals surface area contributed by atoms with Gasteiger partial charge in [-0.25, -0.2) is 0 Å². The van der Waals surface area contributed by atoms with Crippen molar-refractivity contribution in [3.8, 4) is 0 Å². The van der Waals surface area contributed by atoms with Crippen LogP contribution in [0.15, 0.2) is 12.8 Å². The first kappa shape index (κ1) is 21.4. The number of carbonyl (C=O) groups excluding carboxylic acids is 1. The first-order valence-electron chi connectivity index (χ1n) is 9.44. The highest BCUT2D eigenvalue weighted by atomic mass is 28.3. The molecule has 0 aliphatic rings. The number of carbonyl (C=O) groups is 1. The molecule has 0 aromatic carbocycles. The summed E-state index contributed by atoms with van der Waals surface area (Å²) >= 11 is 0. The molecule has 0 bridgehead atoms. The molecular weight excluding hydrogens is 288 g/mol. The van der Waals surface area contributed by atoms with Gasteiger partial charge in [-0.15, -0.1) is 0 Å². The first-order valence-corrected chi connectivity index (χ1v) is 12.3. The molecule has 0 amide bonds. The molecular formula is C19H38O2Si. The zero-order valence-corrected chi connectivity index (χ0v) is 16.3. The summed E-state index contributed by atoms with van der Waals surface area (Å²) < 4.78 is 4.70. The summed E-state index contributed by atoms with van der Waals surface area (Å²) in [6, 6.07) is 5.94. The van der Waals surface area contributed by atoms with E-state index in [0.29, 0.717) is 6.42 Å². The number of ether oxygens (including phenoxy) is 1. The minimum atomic E-state index is -0.872. The lowest BCUT2D eigenvalue weighted by Crippen LogP contribution is -2.30. The standard InChI is InChI=1S/C19H38O2Si/c1-5-21-19(20)17-15-13-11-9-10-12-14-16-18-22(6-2,7-3)8-4/h5H,1,6-18H2,2-4H3. The van der Waals surface area contributed by atoms with Crippen molar-refractivity contribution in [2.24, 2.45) is 0 Å². The van der Waals surface area contributed by atoms with Crippen LogP contribution in [-0.4, -0.2) is 14.0 Å². The Morgan fingerprint density at radius 1 is 0.864 bits per heavy atom. The molecule has 130 valence electrons. The Bertz CT molecular complexity index is 277. The van der Waals surface area contributed by atoms with Gasteiger partial charge in [0.15, 0.2) is 0 Å².